The predicted octanol–water partition coefficient (Wildman–Crippen LogP) is 1.58. The maximum atomic E-state index is 10.5. The SMILES string of the molecule is COc1ccc(/C=N/OCCN(O)C(N)=O)cc1Br. The smallest absolute Gasteiger partial charge is 0.338 e. The van der Waals surface area contributed by atoms with E-state index in [1.807, 2.05) is 6.07 Å². The highest BCUT2D eigenvalue weighted by Gasteiger charge is 2.04. The highest BCUT2D eigenvalue weighted by atomic mass is 79.9. The van der Waals surface area contributed by atoms with Crippen molar-refractivity contribution in [1.82, 2.24) is 5.06 Å². The van der Waals surface area contributed by atoms with Crippen LogP contribution in [0.15, 0.2) is 27.8 Å². The van der Waals surface area contributed by atoms with Gasteiger partial charge in [-0.25, -0.2) is 9.86 Å². The van der Waals surface area contributed by atoms with Crippen LogP contribution < -0.4 is 10.5 Å². The Morgan fingerprint density at radius 1 is 1.63 bits per heavy atom. The van der Waals surface area contributed by atoms with Crippen molar-refractivity contribution in [3.8, 4) is 5.75 Å². The summed E-state index contributed by atoms with van der Waals surface area (Å²) in [6, 6.07) is 4.46. The summed E-state index contributed by atoms with van der Waals surface area (Å²) in [6.07, 6.45) is 1.50. The second-order valence-electron chi connectivity index (χ2n) is 3.42. The third kappa shape index (κ3) is 5.14. The van der Waals surface area contributed by atoms with Crippen LogP contribution in [0, 0.1) is 0 Å². The molecular formula is C11H14BrN3O4. The van der Waals surface area contributed by atoms with Crippen LogP contribution in [0.2, 0.25) is 0 Å². The van der Waals surface area contributed by atoms with Crippen LogP contribution in [0.3, 0.4) is 0 Å². The van der Waals surface area contributed by atoms with Crippen LogP contribution in [0.4, 0.5) is 4.79 Å². The molecule has 0 aliphatic rings. The number of hydrogen-bond donors (Lipinski definition) is 2. The minimum Gasteiger partial charge on any atom is -0.496 e. The van der Waals surface area contributed by atoms with Gasteiger partial charge in [0.1, 0.15) is 12.4 Å². The summed E-state index contributed by atoms with van der Waals surface area (Å²) < 4.78 is 5.89. The first-order valence-corrected chi connectivity index (χ1v) is 6.08. The third-order valence-electron chi connectivity index (χ3n) is 2.10. The Morgan fingerprint density at radius 3 is 2.95 bits per heavy atom. The molecule has 0 heterocycles. The fourth-order valence-corrected chi connectivity index (χ4v) is 1.71. The number of amides is 2. The standard InChI is InChI=1S/C11H14BrN3O4/c1-18-10-3-2-8(6-9(10)12)7-14-19-5-4-15(17)11(13)16/h2-3,6-7,17H,4-5H2,1H3,(H2,13,16)/b14-7+. The molecule has 0 aliphatic heterocycles. The van der Waals surface area contributed by atoms with Crippen molar-refractivity contribution < 1.29 is 19.6 Å². The molecule has 0 aromatic heterocycles. The van der Waals surface area contributed by atoms with Gasteiger partial charge < -0.3 is 15.3 Å². The van der Waals surface area contributed by atoms with Crippen molar-refractivity contribution in [2.45, 2.75) is 0 Å². The molecule has 0 unspecified atom stereocenters. The molecule has 1 aromatic carbocycles. The molecule has 0 saturated carbocycles. The summed E-state index contributed by atoms with van der Waals surface area (Å²) >= 11 is 3.35. The van der Waals surface area contributed by atoms with E-state index in [0.29, 0.717) is 5.06 Å². The Hall–Kier alpha value is -1.80. The van der Waals surface area contributed by atoms with Crippen LogP contribution in [-0.2, 0) is 4.84 Å². The maximum Gasteiger partial charge on any atom is 0.338 e. The number of methoxy groups -OCH3 is 1. The third-order valence-corrected chi connectivity index (χ3v) is 2.72. The number of rotatable bonds is 6. The molecule has 1 rings (SSSR count). The Balaban J connectivity index is 2.41. The van der Waals surface area contributed by atoms with E-state index in [1.54, 1.807) is 19.2 Å². The molecule has 1 aromatic rings. The Bertz CT molecular complexity index is 467. The van der Waals surface area contributed by atoms with Gasteiger partial charge in [0.25, 0.3) is 0 Å². The average Bonchev–Trinajstić information content (AvgIpc) is 2.38. The molecule has 19 heavy (non-hydrogen) atoms. The lowest BCUT2D eigenvalue weighted by Gasteiger charge is -2.09. The van der Waals surface area contributed by atoms with Gasteiger partial charge in [-0.3, -0.25) is 5.21 Å². The van der Waals surface area contributed by atoms with E-state index in [9.17, 15) is 4.79 Å². The lowest BCUT2D eigenvalue weighted by Crippen LogP contribution is -2.34. The highest BCUT2D eigenvalue weighted by Crippen LogP contribution is 2.24. The minimum absolute atomic E-state index is 0.0350. The average molecular weight is 332 g/mol. The molecule has 0 saturated heterocycles. The number of halogens is 1. The topological polar surface area (TPSA) is 97.4 Å². The number of oxime groups is 1. The normalized spacial score (nSPS) is 10.5. The van der Waals surface area contributed by atoms with Crippen molar-refractivity contribution in [2.24, 2.45) is 10.9 Å². The quantitative estimate of drug-likeness (QED) is 0.358. The van der Waals surface area contributed by atoms with E-state index in [1.165, 1.54) is 6.21 Å². The predicted molar refractivity (Wildman–Crippen MR) is 72.3 cm³/mol. The van der Waals surface area contributed by atoms with Gasteiger partial charge in [0.2, 0.25) is 0 Å². The van der Waals surface area contributed by atoms with Crippen LogP contribution in [0.25, 0.3) is 0 Å². The number of hydrogen-bond acceptors (Lipinski definition) is 5. The molecular weight excluding hydrogens is 318 g/mol. The highest BCUT2D eigenvalue weighted by molar-refractivity contribution is 9.10. The molecule has 2 amide bonds. The monoisotopic (exact) mass is 331 g/mol. The van der Waals surface area contributed by atoms with Crippen molar-refractivity contribution in [3.05, 3.63) is 28.2 Å². The molecule has 0 fully saturated rings. The van der Waals surface area contributed by atoms with Gasteiger partial charge >= 0.3 is 6.03 Å². The van der Waals surface area contributed by atoms with E-state index in [0.717, 1.165) is 15.8 Å². The second kappa shape index (κ2) is 7.59. The first-order valence-electron chi connectivity index (χ1n) is 5.29. The summed E-state index contributed by atoms with van der Waals surface area (Å²) in [6.45, 7) is -0.0216. The lowest BCUT2D eigenvalue weighted by atomic mass is 10.2. The van der Waals surface area contributed by atoms with Crippen molar-refractivity contribution >= 4 is 28.2 Å². The van der Waals surface area contributed by atoms with Gasteiger partial charge in [-0.1, -0.05) is 5.16 Å². The Morgan fingerprint density at radius 2 is 2.37 bits per heavy atom. The van der Waals surface area contributed by atoms with Crippen molar-refractivity contribution in [2.75, 3.05) is 20.3 Å². The van der Waals surface area contributed by atoms with Gasteiger partial charge in [-0.05, 0) is 39.7 Å². The molecule has 7 nitrogen and oxygen atoms in total. The number of carbonyl (C=O) groups excluding carboxylic acids is 1. The Labute approximate surface area is 118 Å². The number of nitrogens with two attached hydrogens (primary N) is 1. The number of hydroxylamine groups is 2. The number of ether oxygens (including phenoxy) is 1. The van der Waals surface area contributed by atoms with Gasteiger partial charge in [-0.2, -0.15) is 0 Å². The zero-order valence-electron chi connectivity index (χ0n) is 10.2. The molecule has 3 N–H and O–H groups in total. The first-order chi connectivity index (χ1) is 9.04. The van der Waals surface area contributed by atoms with Crippen molar-refractivity contribution in [3.63, 3.8) is 0 Å². The zero-order valence-corrected chi connectivity index (χ0v) is 11.8. The summed E-state index contributed by atoms with van der Waals surface area (Å²) in [5.74, 6) is 0.718. The zero-order chi connectivity index (χ0) is 14.3. The van der Waals surface area contributed by atoms with Crippen molar-refractivity contribution in [1.29, 1.82) is 0 Å². The van der Waals surface area contributed by atoms with E-state index in [-0.39, 0.29) is 13.2 Å². The number of urea groups is 1. The molecule has 8 heteroatoms. The number of nitrogens with zero attached hydrogens (tertiary/aromatic N) is 2. The Kier molecular flexibility index (Phi) is 6.10. The van der Waals surface area contributed by atoms with Gasteiger partial charge in [0.15, 0.2) is 0 Å². The molecule has 104 valence electrons. The first kappa shape index (κ1) is 15.3. The minimum atomic E-state index is -0.938. The van der Waals surface area contributed by atoms with Crippen LogP contribution >= 0.6 is 15.9 Å². The van der Waals surface area contributed by atoms with Gasteiger partial charge in [-0.15, -0.1) is 0 Å². The van der Waals surface area contributed by atoms with E-state index >= 15 is 0 Å². The lowest BCUT2D eigenvalue weighted by molar-refractivity contribution is -0.0559. The molecule has 0 aliphatic carbocycles. The number of carbonyl (C=O) groups is 1. The van der Waals surface area contributed by atoms with Crippen LogP contribution in [-0.4, -0.2) is 42.8 Å². The fraction of sp³-hybridized carbons (Fsp3) is 0.273. The molecule has 0 atom stereocenters. The second-order valence-corrected chi connectivity index (χ2v) is 4.28. The summed E-state index contributed by atoms with van der Waals surface area (Å²) in [7, 11) is 1.58. The van der Waals surface area contributed by atoms with Crippen LogP contribution in [0.5, 0.6) is 5.75 Å². The van der Waals surface area contributed by atoms with Crippen LogP contribution in [0.1, 0.15) is 5.56 Å². The largest absolute Gasteiger partial charge is 0.496 e. The van der Waals surface area contributed by atoms with Gasteiger partial charge in [0, 0.05) is 0 Å². The number of benzene rings is 1. The van der Waals surface area contributed by atoms with E-state index < -0.39 is 6.03 Å². The van der Waals surface area contributed by atoms with Gasteiger partial charge in [0.05, 0.1) is 24.3 Å². The molecule has 0 radical (unpaired) electrons. The van der Waals surface area contributed by atoms with E-state index in [4.69, 9.17) is 20.5 Å². The maximum absolute atomic E-state index is 10.5. The summed E-state index contributed by atoms with van der Waals surface area (Å²) in [5.41, 5.74) is 5.62. The fourth-order valence-electron chi connectivity index (χ4n) is 1.15. The summed E-state index contributed by atoms with van der Waals surface area (Å²) in [5, 5.41) is 13.0. The molecule has 0 spiro atoms. The summed E-state index contributed by atoms with van der Waals surface area (Å²) in [4.78, 5) is 15.3. The van der Waals surface area contributed by atoms with E-state index in [2.05, 4.69) is 21.1 Å². The molecule has 0 bridgehead atoms. The number of primary amides is 1.